The summed E-state index contributed by atoms with van der Waals surface area (Å²) in [7, 11) is -2.56. The molecule has 36 heavy (non-hydrogen) atoms. The van der Waals surface area contributed by atoms with Gasteiger partial charge in [0.1, 0.15) is 23.6 Å². The minimum atomic E-state index is -4.07. The Bertz CT molecular complexity index is 1360. The molecule has 0 radical (unpaired) electrons. The van der Waals surface area contributed by atoms with Gasteiger partial charge in [-0.2, -0.15) is 0 Å². The van der Waals surface area contributed by atoms with Crippen molar-refractivity contribution in [3.63, 3.8) is 0 Å². The molecule has 1 unspecified atom stereocenters. The predicted molar refractivity (Wildman–Crippen MR) is 140 cm³/mol. The fraction of sp³-hybridized carbons (Fsp3) is 0.296. The van der Waals surface area contributed by atoms with Gasteiger partial charge in [-0.3, -0.25) is 9.10 Å². The Hall–Kier alpha value is -3.23. The molecule has 3 aromatic carbocycles. The van der Waals surface area contributed by atoms with Crippen molar-refractivity contribution in [2.45, 2.75) is 43.7 Å². The van der Waals surface area contributed by atoms with Gasteiger partial charge >= 0.3 is 0 Å². The first kappa shape index (κ1) is 25.9. The number of nitrogens with one attached hydrogen (secondary N) is 1. The Morgan fingerprint density at radius 2 is 1.78 bits per heavy atom. The highest BCUT2D eigenvalue weighted by molar-refractivity contribution is 7.92. The van der Waals surface area contributed by atoms with E-state index in [1.54, 1.807) is 36.4 Å². The summed E-state index contributed by atoms with van der Waals surface area (Å²) in [6.45, 7) is 5.50. The van der Waals surface area contributed by atoms with Crippen LogP contribution in [0.3, 0.4) is 0 Å². The Labute approximate surface area is 217 Å². The van der Waals surface area contributed by atoms with E-state index in [4.69, 9.17) is 21.1 Å². The van der Waals surface area contributed by atoms with E-state index in [0.717, 1.165) is 21.2 Å². The number of fused-ring (bicyclic) bond motifs is 1. The first-order valence-electron chi connectivity index (χ1n) is 11.5. The van der Waals surface area contributed by atoms with E-state index >= 15 is 0 Å². The quantitative estimate of drug-likeness (QED) is 0.451. The molecule has 0 fully saturated rings. The molecule has 7 nitrogen and oxygen atoms in total. The molecule has 0 saturated carbocycles. The summed E-state index contributed by atoms with van der Waals surface area (Å²) in [5, 5.41) is 3.49. The van der Waals surface area contributed by atoms with Gasteiger partial charge in [-0.05, 0) is 80.9 Å². The number of carbonyl (C=O) groups excluding carboxylic acids is 1. The number of nitrogens with zero attached hydrogens (tertiary/aromatic N) is 1. The monoisotopic (exact) mass is 528 g/mol. The number of hydrogen-bond donors (Lipinski definition) is 1. The van der Waals surface area contributed by atoms with Crippen LogP contribution >= 0.6 is 11.6 Å². The SMILES string of the molecule is COc1ccc(S(=O)(=O)N(CC(=O)NC2CC(C)(C)Oc3cc(C)ccc32)c2ccc(Cl)cc2)cc1. The largest absolute Gasteiger partial charge is 0.497 e. The van der Waals surface area contributed by atoms with Crippen molar-refractivity contribution in [3.05, 3.63) is 82.9 Å². The number of amides is 1. The fourth-order valence-electron chi connectivity index (χ4n) is 4.26. The van der Waals surface area contributed by atoms with E-state index in [1.165, 1.54) is 19.2 Å². The molecule has 0 spiro atoms. The summed E-state index contributed by atoms with van der Waals surface area (Å²) in [6.07, 6.45) is 0.543. The number of halogens is 1. The van der Waals surface area contributed by atoms with E-state index in [-0.39, 0.29) is 10.9 Å². The zero-order valence-electron chi connectivity index (χ0n) is 20.6. The Morgan fingerprint density at radius 3 is 2.42 bits per heavy atom. The Kier molecular flexibility index (Phi) is 7.20. The molecule has 0 aromatic heterocycles. The van der Waals surface area contributed by atoms with Gasteiger partial charge in [0.15, 0.2) is 0 Å². The lowest BCUT2D eigenvalue weighted by Crippen LogP contribution is -2.45. The number of rotatable bonds is 7. The minimum absolute atomic E-state index is 0.0408. The van der Waals surface area contributed by atoms with Crippen molar-refractivity contribution < 1.29 is 22.7 Å². The zero-order valence-corrected chi connectivity index (χ0v) is 22.2. The van der Waals surface area contributed by atoms with Gasteiger partial charge in [0, 0.05) is 17.0 Å². The molecule has 1 aliphatic rings. The molecular weight excluding hydrogens is 500 g/mol. The second kappa shape index (κ2) is 10.0. The lowest BCUT2D eigenvalue weighted by Gasteiger charge is -2.38. The molecule has 3 aromatic rings. The van der Waals surface area contributed by atoms with Crippen LogP contribution in [0.5, 0.6) is 11.5 Å². The number of hydrogen-bond acceptors (Lipinski definition) is 5. The molecule has 1 amide bonds. The average molecular weight is 529 g/mol. The van der Waals surface area contributed by atoms with E-state index in [0.29, 0.717) is 22.9 Å². The van der Waals surface area contributed by atoms with Crippen molar-refractivity contribution in [1.29, 1.82) is 0 Å². The molecule has 4 rings (SSSR count). The highest BCUT2D eigenvalue weighted by Gasteiger charge is 2.35. The Balaban J connectivity index is 1.64. The lowest BCUT2D eigenvalue weighted by atomic mass is 9.89. The summed E-state index contributed by atoms with van der Waals surface area (Å²) in [4.78, 5) is 13.4. The van der Waals surface area contributed by atoms with Crippen LogP contribution in [-0.2, 0) is 14.8 Å². The van der Waals surface area contributed by atoms with Crippen LogP contribution in [0, 0.1) is 6.92 Å². The summed E-state index contributed by atoms with van der Waals surface area (Å²) >= 11 is 6.03. The number of methoxy groups -OCH3 is 1. The maximum atomic E-state index is 13.6. The van der Waals surface area contributed by atoms with Crippen molar-refractivity contribution in [1.82, 2.24) is 5.32 Å². The van der Waals surface area contributed by atoms with E-state index in [1.807, 2.05) is 39.0 Å². The van der Waals surface area contributed by atoms with E-state index in [9.17, 15) is 13.2 Å². The standard InChI is InChI=1S/C27H29ClN2O5S/c1-18-5-14-23-24(16-27(2,3)35-25(23)15-18)29-26(31)17-30(20-8-6-19(28)7-9-20)36(32,33)22-12-10-21(34-4)11-13-22/h5-15,24H,16-17H2,1-4H3,(H,29,31). The van der Waals surface area contributed by atoms with E-state index in [2.05, 4.69) is 5.32 Å². The highest BCUT2D eigenvalue weighted by atomic mass is 35.5. The van der Waals surface area contributed by atoms with Crippen LogP contribution in [0.2, 0.25) is 5.02 Å². The van der Waals surface area contributed by atoms with Gasteiger partial charge in [-0.25, -0.2) is 8.42 Å². The van der Waals surface area contributed by atoms with E-state index < -0.39 is 28.1 Å². The van der Waals surface area contributed by atoms with Crippen molar-refractivity contribution in [2.24, 2.45) is 0 Å². The molecule has 1 N–H and O–H groups in total. The molecule has 1 atom stereocenters. The first-order chi connectivity index (χ1) is 17.0. The van der Waals surface area contributed by atoms with Crippen molar-refractivity contribution in [2.75, 3.05) is 18.0 Å². The first-order valence-corrected chi connectivity index (χ1v) is 13.3. The number of aryl methyl sites for hydroxylation is 1. The second-order valence-electron chi connectivity index (χ2n) is 9.39. The topological polar surface area (TPSA) is 84.9 Å². The van der Waals surface area contributed by atoms with Crippen LogP contribution in [0.15, 0.2) is 71.6 Å². The predicted octanol–water partition coefficient (Wildman–Crippen LogP) is 5.27. The van der Waals surface area contributed by atoms with Gasteiger partial charge in [0.2, 0.25) is 5.91 Å². The zero-order chi connectivity index (χ0) is 26.1. The number of ether oxygens (including phenoxy) is 2. The molecule has 9 heteroatoms. The number of sulfonamides is 1. The molecule has 0 aliphatic carbocycles. The van der Waals surface area contributed by atoms with Crippen LogP contribution in [0.25, 0.3) is 0 Å². The van der Waals surface area contributed by atoms with Gasteiger partial charge in [0.25, 0.3) is 10.0 Å². The third-order valence-electron chi connectivity index (χ3n) is 6.01. The summed E-state index contributed by atoms with van der Waals surface area (Å²) in [6, 6.07) is 17.9. The molecule has 1 heterocycles. The minimum Gasteiger partial charge on any atom is -0.497 e. The number of benzene rings is 3. The van der Waals surface area contributed by atoms with Crippen molar-refractivity contribution in [3.8, 4) is 11.5 Å². The Morgan fingerprint density at radius 1 is 1.11 bits per heavy atom. The number of carbonyl (C=O) groups is 1. The molecule has 1 aliphatic heterocycles. The summed E-state index contributed by atoms with van der Waals surface area (Å²) < 4.78 is 39.6. The lowest BCUT2D eigenvalue weighted by molar-refractivity contribution is -0.120. The number of anilines is 1. The normalized spacial score (nSPS) is 16.4. The summed E-state index contributed by atoms with van der Waals surface area (Å²) in [5.74, 6) is 0.814. The molecule has 190 valence electrons. The summed E-state index contributed by atoms with van der Waals surface area (Å²) in [5.41, 5.74) is 1.75. The van der Waals surface area contributed by atoms with Crippen LogP contribution in [0.1, 0.15) is 37.4 Å². The fourth-order valence-corrected chi connectivity index (χ4v) is 5.80. The van der Waals surface area contributed by atoms with Gasteiger partial charge in [-0.1, -0.05) is 23.7 Å². The molecule has 0 saturated heterocycles. The van der Waals surface area contributed by atoms with Crippen molar-refractivity contribution >= 4 is 33.2 Å². The maximum Gasteiger partial charge on any atom is 0.264 e. The maximum absolute atomic E-state index is 13.6. The highest BCUT2D eigenvalue weighted by Crippen LogP contribution is 2.40. The third-order valence-corrected chi connectivity index (χ3v) is 8.05. The molecular formula is C27H29ClN2O5S. The van der Waals surface area contributed by atoms with Crippen LogP contribution < -0.4 is 19.1 Å². The van der Waals surface area contributed by atoms with Gasteiger partial charge < -0.3 is 14.8 Å². The van der Waals surface area contributed by atoms with Crippen LogP contribution in [-0.4, -0.2) is 33.6 Å². The third kappa shape index (κ3) is 5.60. The second-order valence-corrected chi connectivity index (χ2v) is 11.7. The van der Waals surface area contributed by atoms with Gasteiger partial charge in [0.05, 0.1) is 23.7 Å². The van der Waals surface area contributed by atoms with Gasteiger partial charge in [-0.15, -0.1) is 0 Å². The average Bonchev–Trinajstić information content (AvgIpc) is 2.82. The smallest absolute Gasteiger partial charge is 0.264 e. The molecule has 0 bridgehead atoms. The van der Waals surface area contributed by atoms with Crippen LogP contribution in [0.4, 0.5) is 5.69 Å².